The van der Waals surface area contributed by atoms with Crippen molar-refractivity contribution in [2.24, 2.45) is 0 Å². The number of aromatic nitrogens is 1. The minimum absolute atomic E-state index is 0.133. The first-order valence-electron chi connectivity index (χ1n) is 11.2. The van der Waals surface area contributed by atoms with E-state index >= 15 is 4.39 Å². The molecule has 190 valence electrons. The quantitative estimate of drug-likeness (QED) is 0.405. The molecular weight excluding hydrogens is 494 g/mol. The number of rotatable bonds is 10. The van der Waals surface area contributed by atoms with Crippen LogP contribution in [0.15, 0.2) is 48.5 Å². The van der Waals surface area contributed by atoms with Crippen molar-refractivity contribution in [1.29, 1.82) is 0 Å². The lowest BCUT2D eigenvalue weighted by Crippen LogP contribution is -2.41. The molecule has 0 radical (unpaired) electrons. The van der Waals surface area contributed by atoms with Gasteiger partial charge < -0.3 is 24.6 Å². The lowest BCUT2D eigenvalue weighted by Gasteiger charge is -2.24. The molecule has 1 fully saturated rings. The third-order valence-electron chi connectivity index (χ3n) is 5.75. The van der Waals surface area contributed by atoms with Crippen molar-refractivity contribution in [3.05, 3.63) is 70.6 Å². The third kappa shape index (κ3) is 5.52. The molecule has 2 N–H and O–H groups in total. The van der Waals surface area contributed by atoms with Gasteiger partial charge in [0.1, 0.15) is 17.3 Å². The van der Waals surface area contributed by atoms with Crippen molar-refractivity contribution in [3.63, 3.8) is 0 Å². The number of hydrogen-bond acceptors (Lipinski definition) is 6. The summed E-state index contributed by atoms with van der Waals surface area (Å²) in [5.74, 6) is 0.0367. The molecule has 7 nitrogen and oxygen atoms in total. The highest BCUT2D eigenvalue weighted by molar-refractivity contribution is 6.31. The van der Waals surface area contributed by atoms with Crippen molar-refractivity contribution in [1.82, 2.24) is 10.3 Å². The summed E-state index contributed by atoms with van der Waals surface area (Å²) in [5.41, 5.74) is -1.73. The first-order valence-corrected chi connectivity index (χ1v) is 11.6. The van der Waals surface area contributed by atoms with Crippen LogP contribution in [0.5, 0.6) is 17.2 Å². The number of amides is 1. The smallest absolute Gasteiger partial charge is 0.251 e. The Bertz CT molecular complexity index is 1270. The van der Waals surface area contributed by atoms with E-state index in [4.69, 9.17) is 25.8 Å². The Balaban J connectivity index is 1.55. The van der Waals surface area contributed by atoms with Crippen molar-refractivity contribution in [2.75, 3.05) is 27.4 Å². The summed E-state index contributed by atoms with van der Waals surface area (Å²) in [6, 6.07) is 11.5. The van der Waals surface area contributed by atoms with Crippen LogP contribution in [0.2, 0.25) is 5.02 Å². The number of benzene rings is 2. The maximum Gasteiger partial charge on any atom is 0.251 e. The predicted octanol–water partition coefficient (Wildman–Crippen LogP) is 4.69. The highest BCUT2D eigenvalue weighted by Gasteiger charge is 2.35. The molecule has 36 heavy (non-hydrogen) atoms. The summed E-state index contributed by atoms with van der Waals surface area (Å²) in [4.78, 5) is 17.1. The molecule has 0 spiro atoms. The number of halogens is 3. The van der Waals surface area contributed by atoms with Crippen LogP contribution in [0.4, 0.5) is 8.78 Å². The van der Waals surface area contributed by atoms with Crippen LogP contribution in [-0.2, 0) is 5.67 Å². The van der Waals surface area contributed by atoms with Gasteiger partial charge in [-0.05, 0) is 61.4 Å². The van der Waals surface area contributed by atoms with Crippen LogP contribution in [0.1, 0.15) is 28.9 Å². The van der Waals surface area contributed by atoms with E-state index in [9.17, 15) is 14.3 Å². The second-order valence-corrected chi connectivity index (χ2v) is 8.77. The fourth-order valence-corrected chi connectivity index (χ4v) is 3.71. The van der Waals surface area contributed by atoms with Gasteiger partial charge in [-0.2, -0.15) is 0 Å². The van der Waals surface area contributed by atoms with Crippen molar-refractivity contribution >= 4 is 17.5 Å². The van der Waals surface area contributed by atoms with E-state index in [1.165, 1.54) is 44.6 Å². The molecule has 0 aliphatic heterocycles. The molecule has 1 atom stereocenters. The van der Waals surface area contributed by atoms with Gasteiger partial charge in [0.25, 0.3) is 5.91 Å². The molecule has 4 rings (SSSR count). The fraction of sp³-hybridized carbons (Fsp3) is 0.308. The van der Waals surface area contributed by atoms with E-state index in [2.05, 4.69) is 10.3 Å². The zero-order valence-electron chi connectivity index (χ0n) is 19.7. The number of carbonyl (C=O) groups is 1. The molecule has 1 aliphatic rings. The molecule has 1 aliphatic carbocycles. The average molecular weight is 519 g/mol. The molecule has 0 bridgehead atoms. The number of nitrogens with one attached hydrogen (secondary N) is 1. The third-order valence-corrected chi connectivity index (χ3v) is 6.04. The van der Waals surface area contributed by atoms with Crippen LogP contribution in [0.25, 0.3) is 11.3 Å². The van der Waals surface area contributed by atoms with Crippen LogP contribution in [0, 0.1) is 5.82 Å². The maximum absolute atomic E-state index is 15.9. The maximum atomic E-state index is 15.9. The average Bonchev–Trinajstić information content (AvgIpc) is 3.72. The van der Waals surface area contributed by atoms with Crippen molar-refractivity contribution < 1.29 is 32.9 Å². The number of methoxy groups -OCH3 is 2. The monoisotopic (exact) mass is 518 g/mol. The predicted molar refractivity (Wildman–Crippen MR) is 130 cm³/mol. The minimum Gasteiger partial charge on any atom is -0.494 e. The second kappa shape index (κ2) is 10.7. The molecule has 1 aromatic heterocycles. The lowest BCUT2D eigenvalue weighted by molar-refractivity contribution is 0.0594. The van der Waals surface area contributed by atoms with Gasteiger partial charge in [-0.15, -0.1) is 0 Å². The van der Waals surface area contributed by atoms with E-state index < -0.39 is 30.5 Å². The Kier molecular flexibility index (Phi) is 7.61. The number of pyridine rings is 1. The van der Waals surface area contributed by atoms with Gasteiger partial charge in [-0.25, -0.2) is 13.8 Å². The zero-order chi connectivity index (χ0) is 25.9. The summed E-state index contributed by atoms with van der Waals surface area (Å²) >= 11 is 5.90. The van der Waals surface area contributed by atoms with Crippen LogP contribution >= 0.6 is 11.6 Å². The van der Waals surface area contributed by atoms with Gasteiger partial charge in [0.2, 0.25) is 0 Å². The summed E-state index contributed by atoms with van der Waals surface area (Å²) in [7, 11) is 2.88. The summed E-state index contributed by atoms with van der Waals surface area (Å²) in [6.07, 6.45) is 2.10. The summed E-state index contributed by atoms with van der Waals surface area (Å²) < 4.78 is 45.9. The molecule has 1 unspecified atom stereocenters. The highest BCUT2D eigenvalue weighted by atomic mass is 35.5. The van der Waals surface area contributed by atoms with Crippen molar-refractivity contribution in [2.45, 2.75) is 24.6 Å². The minimum atomic E-state index is -2.42. The normalized spacial score (nSPS) is 14.6. The molecule has 3 aromatic rings. The van der Waals surface area contributed by atoms with Crippen LogP contribution < -0.4 is 19.5 Å². The van der Waals surface area contributed by atoms with E-state index in [1.807, 2.05) is 0 Å². The van der Waals surface area contributed by atoms with Crippen molar-refractivity contribution in [3.8, 4) is 28.5 Å². The molecular formula is C26H25ClF2N2O5. The second-order valence-electron chi connectivity index (χ2n) is 8.37. The van der Waals surface area contributed by atoms with Gasteiger partial charge in [-0.1, -0.05) is 11.6 Å². The summed E-state index contributed by atoms with van der Waals surface area (Å²) in [6.45, 7) is -1.51. The number of hydrogen-bond donors (Lipinski definition) is 2. The Labute approximate surface area is 212 Å². The zero-order valence-corrected chi connectivity index (χ0v) is 20.4. The summed E-state index contributed by atoms with van der Waals surface area (Å²) in [5, 5.41) is 12.3. The topological polar surface area (TPSA) is 89.9 Å². The molecule has 10 heteroatoms. The number of alkyl halides is 1. The Morgan fingerprint density at radius 1 is 1.11 bits per heavy atom. The first-order chi connectivity index (χ1) is 17.3. The first kappa shape index (κ1) is 25.7. The van der Waals surface area contributed by atoms with E-state index in [1.54, 1.807) is 12.1 Å². The van der Waals surface area contributed by atoms with Gasteiger partial charge in [0, 0.05) is 11.1 Å². The van der Waals surface area contributed by atoms with Crippen LogP contribution in [0.3, 0.4) is 0 Å². The van der Waals surface area contributed by atoms with Gasteiger partial charge in [-0.3, -0.25) is 4.79 Å². The molecule has 1 heterocycles. The largest absolute Gasteiger partial charge is 0.494 e. The molecule has 0 saturated heterocycles. The number of nitrogens with zero attached hydrogens (tertiary/aromatic N) is 1. The Hall–Kier alpha value is -3.43. The molecule has 2 aromatic carbocycles. The van der Waals surface area contributed by atoms with Gasteiger partial charge in [0.15, 0.2) is 17.2 Å². The van der Waals surface area contributed by atoms with E-state index in [-0.39, 0.29) is 28.1 Å². The van der Waals surface area contributed by atoms with E-state index in [0.717, 1.165) is 18.9 Å². The highest BCUT2D eigenvalue weighted by Crippen LogP contribution is 2.35. The number of ether oxygens (including phenoxy) is 3. The van der Waals surface area contributed by atoms with Gasteiger partial charge in [0.05, 0.1) is 44.2 Å². The Morgan fingerprint density at radius 2 is 1.83 bits per heavy atom. The standard InChI is InChI=1S/C26H25ClF2N2O5/c1-34-21-9-10-23(31-24(21)15-3-7-19(28)18(27)11-15)26(29,14-32)13-30-25(33)16-4-8-20(22(12-16)35-2)36-17-5-6-17/h3-4,7-12,17,32H,5-6,13-14H2,1-2H3,(H,30,33). The molecule has 1 saturated carbocycles. The lowest BCUT2D eigenvalue weighted by atomic mass is 10.00. The number of aliphatic hydroxyl groups excluding tert-OH is 1. The number of carbonyl (C=O) groups excluding carboxylic acids is 1. The van der Waals surface area contributed by atoms with Crippen LogP contribution in [-0.4, -0.2) is 49.5 Å². The van der Waals surface area contributed by atoms with E-state index in [0.29, 0.717) is 22.8 Å². The van der Waals surface area contributed by atoms with Gasteiger partial charge >= 0.3 is 0 Å². The SMILES string of the molecule is COc1cc(C(=O)NCC(F)(CO)c2ccc(OC)c(-c3ccc(F)c(Cl)c3)n2)ccc1OC1CC1. The Morgan fingerprint density at radius 3 is 2.47 bits per heavy atom. The number of aliphatic hydroxyl groups is 1. The fourth-order valence-electron chi connectivity index (χ4n) is 3.53. The molecule has 1 amide bonds.